The number of fused-ring (bicyclic) bond motifs is 1. The van der Waals surface area contributed by atoms with Crippen molar-refractivity contribution in [3.05, 3.63) is 56.4 Å². The van der Waals surface area contributed by atoms with Crippen LogP contribution in [0.4, 0.5) is 5.69 Å². The normalized spacial score (nSPS) is 12.0. The van der Waals surface area contributed by atoms with E-state index in [-0.39, 0.29) is 24.7 Å². The van der Waals surface area contributed by atoms with E-state index in [4.69, 9.17) is 9.47 Å². The summed E-state index contributed by atoms with van der Waals surface area (Å²) in [5, 5.41) is 3.20. The summed E-state index contributed by atoms with van der Waals surface area (Å²) in [6, 6.07) is 4.86. The summed E-state index contributed by atoms with van der Waals surface area (Å²) >= 11 is 1.10. The number of thiophene rings is 1. The maximum absolute atomic E-state index is 13.1. The molecule has 0 aliphatic rings. The molecule has 1 unspecified atom stereocenters. The van der Waals surface area contributed by atoms with Gasteiger partial charge in [-0.05, 0) is 50.5 Å². The molecular weight excluding hydrogens is 418 g/mol. The lowest BCUT2D eigenvalue weighted by Gasteiger charge is -2.16. The van der Waals surface area contributed by atoms with Crippen LogP contribution < -0.4 is 10.9 Å². The van der Waals surface area contributed by atoms with Gasteiger partial charge in [-0.25, -0.2) is 9.78 Å². The number of anilines is 1. The number of aromatic nitrogens is 2. The van der Waals surface area contributed by atoms with E-state index in [9.17, 15) is 14.4 Å². The lowest BCUT2D eigenvalue weighted by molar-refractivity contribution is -0.118. The van der Waals surface area contributed by atoms with Crippen molar-refractivity contribution in [3.8, 4) is 0 Å². The van der Waals surface area contributed by atoms with E-state index < -0.39 is 12.0 Å². The molecule has 2 heterocycles. The molecule has 0 spiro atoms. The highest BCUT2D eigenvalue weighted by Crippen LogP contribution is 2.28. The molecule has 3 aromatic rings. The zero-order valence-corrected chi connectivity index (χ0v) is 19.0. The zero-order valence-electron chi connectivity index (χ0n) is 18.1. The maximum atomic E-state index is 13.1. The van der Waals surface area contributed by atoms with Gasteiger partial charge in [-0.1, -0.05) is 12.1 Å². The number of methoxy groups -OCH3 is 1. The lowest BCUT2D eigenvalue weighted by Crippen LogP contribution is -2.32. The van der Waals surface area contributed by atoms with Crippen LogP contribution in [0.15, 0.2) is 29.3 Å². The molecule has 0 radical (unpaired) electrons. The van der Waals surface area contributed by atoms with Gasteiger partial charge >= 0.3 is 5.97 Å². The van der Waals surface area contributed by atoms with E-state index in [1.807, 2.05) is 32.0 Å². The van der Waals surface area contributed by atoms with Crippen LogP contribution in [0, 0.1) is 20.8 Å². The Balaban J connectivity index is 1.90. The third kappa shape index (κ3) is 4.52. The van der Waals surface area contributed by atoms with Crippen molar-refractivity contribution in [2.24, 2.45) is 0 Å². The molecule has 0 aliphatic heterocycles. The van der Waals surface area contributed by atoms with Gasteiger partial charge in [-0.15, -0.1) is 11.3 Å². The first kappa shape index (κ1) is 22.6. The Hall–Kier alpha value is -3.04. The van der Waals surface area contributed by atoms with Crippen LogP contribution in [0.3, 0.4) is 0 Å². The first-order valence-corrected chi connectivity index (χ1v) is 10.6. The summed E-state index contributed by atoms with van der Waals surface area (Å²) in [5.41, 5.74) is 2.85. The summed E-state index contributed by atoms with van der Waals surface area (Å²) in [6.07, 6.45) is 1.34. The van der Waals surface area contributed by atoms with Crippen molar-refractivity contribution in [1.82, 2.24) is 9.55 Å². The monoisotopic (exact) mass is 443 g/mol. The van der Waals surface area contributed by atoms with Crippen molar-refractivity contribution in [2.45, 2.75) is 33.7 Å². The standard InChI is InChI=1S/C22H25N3O5S/c1-12-7-6-8-16(13(12)2)24-19(26)15(4)25-11-23-20-17(21(25)27)14(3)18(31-20)22(28)30-10-9-29-5/h6-8,11,15H,9-10H2,1-5H3,(H,24,26). The molecule has 1 amide bonds. The van der Waals surface area contributed by atoms with Crippen molar-refractivity contribution < 1.29 is 19.1 Å². The number of carbonyl (C=O) groups excluding carboxylic acids is 2. The Labute approximate surface area is 183 Å². The van der Waals surface area contributed by atoms with Crippen molar-refractivity contribution in [1.29, 1.82) is 0 Å². The van der Waals surface area contributed by atoms with E-state index >= 15 is 0 Å². The summed E-state index contributed by atoms with van der Waals surface area (Å²) < 4.78 is 11.3. The number of amides is 1. The highest BCUT2D eigenvalue weighted by molar-refractivity contribution is 7.20. The molecule has 2 aromatic heterocycles. The fourth-order valence-electron chi connectivity index (χ4n) is 3.14. The molecule has 0 bridgehead atoms. The van der Waals surface area contributed by atoms with E-state index in [1.54, 1.807) is 13.8 Å². The number of ether oxygens (including phenoxy) is 2. The van der Waals surface area contributed by atoms with Crippen LogP contribution in [0.2, 0.25) is 0 Å². The molecule has 8 nitrogen and oxygen atoms in total. The third-order valence-corrected chi connectivity index (χ3v) is 6.42. The summed E-state index contributed by atoms with van der Waals surface area (Å²) in [6.45, 7) is 7.62. The molecule has 0 aliphatic carbocycles. The molecule has 164 valence electrons. The number of hydrogen-bond acceptors (Lipinski definition) is 7. The van der Waals surface area contributed by atoms with Gasteiger partial charge in [0.05, 0.1) is 18.3 Å². The Morgan fingerprint density at radius 2 is 1.94 bits per heavy atom. The molecule has 3 rings (SSSR count). The zero-order chi connectivity index (χ0) is 22.7. The van der Waals surface area contributed by atoms with Gasteiger partial charge in [0, 0.05) is 12.8 Å². The number of esters is 1. The second-order valence-corrected chi connectivity index (χ2v) is 8.23. The van der Waals surface area contributed by atoms with Gasteiger partial charge < -0.3 is 14.8 Å². The van der Waals surface area contributed by atoms with Crippen LogP contribution in [-0.4, -0.2) is 41.8 Å². The quantitative estimate of drug-likeness (QED) is 0.444. The van der Waals surface area contributed by atoms with Gasteiger partial charge in [-0.2, -0.15) is 0 Å². The van der Waals surface area contributed by atoms with Gasteiger partial charge in [0.25, 0.3) is 5.56 Å². The predicted molar refractivity (Wildman–Crippen MR) is 120 cm³/mol. The molecule has 1 N–H and O–H groups in total. The van der Waals surface area contributed by atoms with Gasteiger partial charge in [0.1, 0.15) is 22.4 Å². The largest absolute Gasteiger partial charge is 0.459 e. The molecule has 31 heavy (non-hydrogen) atoms. The van der Waals surface area contributed by atoms with E-state index in [1.165, 1.54) is 18.0 Å². The van der Waals surface area contributed by atoms with Crippen LogP contribution >= 0.6 is 11.3 Å². The molecule has 1 atom stereocenters. The lowest BCUT2D eigenvalue weighted by atomic mass is 10.1. The van der Waals surface area contributed by atoms with Gasteiger partial charge in [0.2, 0.25) is 5.91 Å². The first-order chi connectivity index (χ1) is 14.8. The Bertz CT molecular complexity index is 1200. The highest BCUT2D eigenvalue weighted by atomic mass is 32.1. The number of carbonyl (C=O) groups is 2. The van der Waals surface area contributed by atoms with E-state index in [2.05, 4.69) is 10.3 Å². The predicted octanol–water partition coefficient (Wildman–Crippen LogP) is 3.39. The summed E-state index contributed by atoms with van der Waals surface area (Å²) in [4.78, 5) is 43.4. The van der Waals surface area contributed by atoms with Crippen molar-refractivity contribution in [3.63, 3.8) is 0 Å². The molecule has 0 fully saturated rings. The third-order valence-electron chi connectivity index (χ3n) is 5.24. The number of hydrogen-bond donors (Lipinski definition) is 1. The molecule has 1 aromatic carbocycles. The SMILES string of the molecule is COCCOC(=O)c1sc2ncn(C(C)C(=O)Nc3cccc(C)c3C)c(=O)c2c1C. The summed E-state index contributed by atoms with van der Waals surface area (Å²) in [5.74, 6) is -0.853. The van der Waals surface area contributed by atoms with E-state index in [0.29, 0.717) is 26.3 Å². The highest BCUT2D eigenvalue weighted by Gasteiger charge is 2.24. The molecule has 0 saturated heterocycles. The minimum Gasteiger partial charge on any atom is -0.459 e. The fourth-order valence-corrected chi connectivity index (χ4v) is 4.17. The van der Waals surface area contributed by atoms with E-state index in [0.717, 1.165) is 22.5 Å². The fraction of sp³-hybridized carbons (Fsp3) is 0.364. The van der Waals surface area contributed by atoms with Gasteiger partial charge in [0.15, 0.2) is 0 Å². The topological polar surface area (TPSA) is 99.5 Å². The summed E-state index contributed by atoms with van der Waals surface area (Å²) in [7, 11) is 1.52. The Morgan fingerprint density at radius 3 is 2.65 bits per heavy atom. The number of nitrogens with zero attached hydrogens (tertiary/aromatic N) is 2. The van der Waals surface area contributed by atoms with Gasteiger partial charge in [-0.3, -0.25) is 14.2 Å². The second kappa shape index (κ2) is 9.40. The van der Waals surface area contributed by atoms with Crippen LogP contribution in [0.25, 0.3) is 10.2 Å². The average Bonchev–Trinajstić information content (AvgIpc) is 3.08. The first-order valence-electron chi connectivity index (χ1n) is 9.79. The smallest absolute Gasteiger partial charge is 0.348 e. The number of rotatable bonds is 7. The second-order valence-electron chi connectivity index (χ2n) is 7.23. The average molecular weight is 444 g/mol. The number of nitrogens with one attached hydrogen (secondary N) is 1. The molecule has 0 saturated carbocycles. The molecular formula is C22H25N3O5S. The van der Waals surface area contributed by atoms with Crippen LogP contribution in [0.1, 0.15) is 39.3 Å². The van der Waals surface area contributed by atoms with Crippen molar-refractivity contribution in [2.75, 3.05) is 25.6 Å². The number of benzene rings is 1. The Morgan fingerprint density at radius 1 is 1.19 bits per heavy atom. The maximum Gasteiger partial charge on any atom is 0.348 e. The van der Waals surface area contributed by atoms with Crippen molar-refractivity contribution >= 4 is 39.1 Å². The van der Waals surface area contributed by atoms with Crippen LogP contribution in [-0.2, 0) is 14.3 Å². The molecule has 9 heteroatoms. The van der Waals surface area contributed by atoms with Crippen LogP contribution in [0.5, 0.6) is 0 Å². The minimum atomic E-state index is -0.791. The Kier molecular flexibility index (Phi) is 6.87. The minimum absolute atomic E-state index is 0.121. The number of aryl methyl sites for hydroxylation is 2.